The van der Waals surface area contributed by atoms with E-state index < -0.39 is 0 Å². The van der Waals surface area contributed by atoms with E-state index in [2.05, 4.69) is 42.0 Å². The molecule has 1 aromatic heterocycles. The lowest BCUT2D eigenvalue weighted by Gasteiger charge is -2.39. The van der Waals surface area contributed by atoms with Gasteiger partial charge in [0.2, 0.25) is 5.91 Å². The molecule has 4 heteroatoms. The Morgan fingerprint density at radius 1 is 1.40 bits per heavy atom. The third-order valence-corrected chi connectivity index (χ3v) is 5.28. The second-order valence-electron chi connectivity index (χ2n) is 6.13. The van der Waals surface area contributed by atoms with Crippen LogP contribution in [-0.2, 0) is 11.3 Å². The number of hydrogen-bond acceptors (Lipinski definition) is 3. The van der Waals surface area contributed by atoms with Crippen LogP contribution in [0, 0.1) is 6.92 Å². The van der Waals surface area contributed by atoms with Crippen molar-refractivity contribution in [2.45, 2.75) is 58.7 Å². The summed E-state index contributed by atoms with van der Waals surface area (Å²) in [7, 11) is 2.04. The number of nitrogens with zero attached hydrogens (tertiary/aromatic N) is 2. The summed E-state index contributed by atoms with van der Waals surface area (Å²) in [5, 5.41) is 2.12. The van der Waals surface area contributed by atoms with E-state index in [4.69, 9.17) is 0 Å². The molecule has 1 amide bonds. The van der Waals surface area contributed by atoms with Crippen LogP contribution in [0.4, 0.5) is 0 Å². The van der Waals surface area contributed by atoms with Crippen LogP contribution >= 0.6 is 11.3 Å². The molecule has 0 radical (unpaired) electrons. The summed E-state index contributed by atoms with van der Waals surface area (Å²) in [4.78, 5) is 18.1. The zero-order chi connectivity index (χ0) is 14.7. The average Bonchev–Trinajstić information content (AvgIpc) is 2.74. The van der Waals surface area contributed by atoms with Crippen molar-refractivity contribution in [2.24, 2.45) is 0 Å². The van der Waals surface area contributed by atoms with Gasteiger partial charge in [0.15, 0.2) is 0 Å². The number of carbonyl (C=O) groups excluding carboxylic acids is 1. The van der Waals surface area contributed by atoms with Gasteiger partial charge in [0.25, 0.3) is 0 Å². The Bertz CT molecular complexity index is 447. The van der Waals surface area contributed by atoms with E-state index in [0.29, 0.717) is 18.6 Å². The minimum atomic E-state index is 0.279. The predicted molar refractivity (Wildman–Crippen MR) is 85.0 cm³/mol. The molecule has 1 fully saturated rings. The number of rotatable bonds is 4. The number of likely N-dealkylation sites (N-methyl/N-ethyl adjacent to an activating group) is 1. The standard InChI is InChI=1S/C16H26N2OS/c1-12-8-9-20-15(12)10-17(4)11-16(19)18-13(2)6-5-7-14(18)3/h8-9,13-14H,5-7,10-11H2,1-4H3. The Kier molecular flexibility index (Phi) is 5.22. The van der Waals surface area contributed by atoms with Crippen molar-refractivity contribution >= 4 is 17.2 Å². The van der Waals surface area contributed by atoms with E-state index in [1.165, 1.54) is 16.9 Å². The molecular weight excluding hydrogens is 268 g/mol. The minimum absolute atomic E-state index is 0.279. The summed E-state index contributed by atoms with van der Waals surface area (Å²) in [5.41, 5.74) is 1.33. The van der Waals surface area contributed by atoms with Crippen LogP contribution in [-0.4, -0.2) is 41.4 Å². The number of amides is 1. The van der Waals surface area contributed by atoms with Gasteiger partial charge in [-0.1, -0.05) is 0 Å². The van der Waals surface area contributed by atoms with Gasteiger partial charge in [-0.15, -0.1) is 11.3 Å². The van der Waals surface area contributed by atoms with Crippen LogP contribution < -0.4 is 0 Å². The molecule has 1 aliphatic rings. The van der Waals surface area contributed by atoms with E-state index >= 15 is 0 Å². The van der Waals surface area contributed by atoms with Gasteiger partial charge in [0.05, 0.1) is 6.54 Å². The first kappa shape index (κ1) is 15.5. The molecule has 1 aromatic rings. The first-order valence-corrected chi connectivity index (χ1v) is 8.39. The number of carbonyl (C=O) groups is 1. The number of aryl methyl sites for hydroxylation is 1. The fraction of sp³-hybridized carbons (Fsp3) is 0.688. The molecule has 1 aliphatic heterocycles. The van der Waals surface area contributed by atoms with E-state index in [0.717, 1.165) is 19.4 Å². The molecule has 3 nitrogen and oxygen atoms in total. The Morgan fingerprint density at radius 3 is 2.60 bits per heavy atom. The Balaban J connectivity index is 1.91. The molecule has 0 saturated carbocycles. The highest BCUT2D eigenvalue weighted by Crippen LogP contribution is 2.23. The van der Waals surface area contributed by atoms with Crippen molar-refractivity contribution in [3.05, 3.63) is 21.9 Å². The summed E-state index contributed by atoms with van der Waals surface area (Å²) in [5.74, 6) is 0.279. The molecule has 0 bridgehead atoms. The lowest BCUT2D eigenvalue weighted by Crippen LogP contribution is -2.50. The molecule has 2 atom stereocenters. The van der Waals surface area contributed by atoms with E-state index in [-0.39, 0.29) is 5.91 Å². The van der Waals surface area contributed by atoms with Crippen LogP contribution in [0.15, 0.2) is 11.4 Å². The molecule has 20 heavy (non-hydrogen) atoms. The Morgan fingerprint density at radius 2 is 2.05 bits per heavy atom. The van der Waals surface area contributed by atoms with Crippen LogP contribution in [0.3, 0.4) is 0 Å². The van der Waals surface area contributed by atoms with Gasteiger partial charge in [0.1, 0.15) is 0 Å². The normalized spacial score (nSPS) is 23.4. The van der Waals surface area contributed by atoms with Gasteiger partial charge in [-0.05, 0) is 64.1 Å². The predicted octanol–water partition coefficient (Wildman–Crippen LogP) is 3.28. The average molecular weight is 294 g/mol. The Labute approximate surface area is 126 Å². The van der Waals surface area contributed by atoms with Crippen molar-refractivity contribution in [3.63, 3.8) is 0 Å². The molecule has 2 unspecified atom stereocenters. The second kappa shape index (κ2) is 6.72. The van der Waals surface area contributed by atoms with Gasteiger partial charge in [0, 0.05) is 23.5 Å². The third-order valence-electron chi connectivity index (χ3n) is 4.27. The molecule has 112 valence electrons. The highest BCUT2D eigenvalue weighted by molar-refractivity contribution is 7.10. The van der Waals surface area contributed by atoms with Crippen LogP contribution in [0.5, 0.6) is 0 Å². The number of likely N-dealkylation sites (tertiary alicyclic amines) is 1. The second-order valence-corrected chi connectivity index (χ2v) is 7.13. The van der Waals surface area contributed by atoms with E-state index in [9.17, 15) is 4.79 Å². The van der Waals surface area contributed by atoms with Crippen molar-refractivity contribution in [3.8, 4) is 0 Å². The first-order chi connectivity index (χ1) is 9.49. The van der Waals surface area contributed by atoms with Gasteiger partial charge in [-0.2, -0.15) is 0 Å². The molecule has 0 aromatic carbocycles. The third kappa shape index (κ3) is 3.61. The molecule has 0 spiro atoms. The molecule has 0 N–H and O–H groups in total. The molecule has 2 rings (SSSR count). The number of thiophene rings is 1. The lowest BCUT2D eigenvalue weighted by molar-refractivity contribution is -0.138. The van der Waals surface area contributed by atoms with Crippen LogP contribution in [0.1, 0.15) is 43.6 Å². The fourth-order valence-electron chi connectivity index (χ4n) is 3.09. The maximum absolute atomic E-state index is 12.5. The smallest absolute Gasteiger partial charge is 0.237 e. The van der Waals surface area contributed by atoms with Crippen molar-refractivity contribution in [2.75, 3.05) is 13.6 Å². The summed E-state index contributed by atoms with van der Waals surface area (Å²) in [6.07, 6.45) is 3.53. The van der Waals surface area contributed by atoms with Gasteiger partial charge in [-0.25, -0.2) is 0 Å². The molecule has 2 heterocycles. The zero-order valence-electron chi connectivity index (χ0n) is 13.1. The highest BCUT2D eigenvalue weighted by Gasteiger charge is 2.29. The minimum Gasteiger partial charge on any atom is -0.336 e. The SMILES string of the molecule is Cc1ccsc1CN(C)CC(=O)N1C(C)CCCC1C. The van der Waals surface area contributed by atoms with Crippen LogP contribution in [0.25, 0.3) is 0 Å². The Hall–Kier alpha value is -0.870. The maximum atomic E-state index is 12.5. The maximum Gasteiger partial charge on any atom is 0.237 e. The summed E-state index contributed by atoms with van der Waals surface area (Å²) in [6, 6.07) is 2.93. The van der Waals surface area contributed by atoms with Gasteiger partial charge in [-0.3, -0.25) is 9.69 Å². The van der Waals surface area contributed by atoms with E-state index in [1.54, 1.807) is 11.3 Å². The summed E-state index contributed by atoms with van der Waals surface area (Å²) in [6.45, 7) is 7.88. The van der Waals surface area contributed by atoms with E-state index in [1.807, 2.05) is 7.05 Å². The largest absolute Gasteiger partial charge is 0.336 e. The number of piperidine rings is 1. The topological polar surface area (TPSA) is 23.6 Å². The molecular formula is C16H26N2OS. The first-order valence-electron chi connectivity index (χ1n) is 7.51. The number of hydrogen-bond donors (Lipinski definition) is 0. The highest BCUT2D eigenvalue weighted by atomic mass is 32.1. The zero-order valence-corrected chi connectivity index (χ0v) is 13.9. The van der Waals surface area contributed by atoms with Gasteiger partial charge < -0.3 is 4.90 Å². The fourth-order valence-corrected chi connectivity index (χ4v) is 4.08. The van der Waals surface area contributed by atoms with Crippen molar-refractivity contribution < 1.29 is 4.79 Å². The monoisotopic (exact) mass is 294 g/mol. The quantitative estimate of drug-likeness (QED) is 0.851. The summed E-state index contributed by atoms with van der Waals surface area (Å²) < 4.78 is 0. The lowest BCUT2D eigenvalue weighted by atomic mass is 9.97. The van der Waals surface area contributed by atoms with Crippen molar-refractivity contribution in [1.82, 2.24) is 9.80 Å². The molecule has 0 aliphatic carbocycles. The molecule has 1 saturated heterocycles. The van der Waals surface area contributed by atoms with Crippen molar-refractivity contribution in [1.29, 1.82) is 0 Å². The van der Waals surface area contributed by atoms with Crippen LogP contribution in [0.2, 0.25) is 0 Å². The summed E-state index contributed by atoms with van der Waals surface area (Å²) >= 11 is 1.78. The van der Waals surface area contributed by atoms with Gasteiger partial charge >= 0.3 is 0 Å².